The molecule has 2 aromatic rings. The minimum Gasteiger partial charge on any atom is -0.311 e. The quantitative estimate of drug-likeness (QED) is 0.272. The summed E-state index contributed by atoms with van der Waals surface area (Å²) in [5.74, 6) is 0. The van der Waals surface area contributed by atoms with Crippen molar-refractivity contribution >= 4 is 164 Å². The zero-order valence-electron chi connectivity index (χ0n) is 22.7. The average molecular weight is 462 g/mol. The first-order valence-corrected chi connectivity index (χ1v) is 12.9. The number of aromatic nitrogens is 1. The largest absolute Gasteiger partial charge is 0.311 e. The van der Waals surface area contributed by atoms with Gasteiger partial charge in [-0.3, -0.25) is 4.79 Å². The standard InChI is InChI=1S/C14H15NO.B23/c1-2-12-8-9-15(14(16)10-12)11-13-6-4-3-5-7-13;1-13-19(12)22(18(10)11)23(20(14(2)3)15(4)5)21(16(6)7)17(8)9/h3-10H,2,11H2,1H3;. The highest BCUT2D eigenvalue weighted by molar-refractivity contribution is 8.22. The molecule has 0 unspecified atom stereocenters. The number of rotatable bonds is 13. The van der Waals surface area contributed by atoms with Crippen LogP contribution in [0.15, 0.2) is 53.5 Å². The SMILES string of the molecule is CCc1ccn(Cc2ccccc2)c(=O)c1.[B][B]B([B])B(B([B])[B])B(B(B([B])[B])B([B])[B])B(B([B])[B])B([B])[B]. The molecule has 25 heteroatoms. The fourth-order valence-electron chi connectivity index (χ4n) is 4.89. The minimum absolute atomic E-state index is 0.0724. The van der Waals surface area contributed by atoms with Gasteiger partial charge in [0, 0.05) is 176 Å². The van der Waals surface area contributed by atoms with Gasteiger partial charge in [-0.15, -0.1) is 0 Å². The summed E-state index contributed by atoms with van der Waals surface area (Å²) in [6.07, 6.45) is -5.25. The summed E-state index contributed by atoms with van der Waals surface area (Å²) in [4.78, 5) is 11.8. The summed E-state index contributed by atoms with van der Waals surface area (Å²) in [6.45, 7) is 2.69. The number of nitrogens with zero attached hydrogens (tertiary/aromatic N) is 1. The molecule has 0 N–H and O–H groups in total. The van der Waals surface area contributed by atoms with E-state index in [0.29, 0.717) is 6.54 Å². The summed E-state index contributed by atoms with van der Waals surface area (Å²) in [5, 5.41) is 0. The van der Waals surface area contributed by atoms with E-state index in [2.05, 4.69) is 6.92 Å². The second-order valence-electron chi connectivity index (χ2n) is 9.81. The molecule has 39 heavy (non-hydrogen) atoms. The number of aryl methyl sites for hydroxylation is 1. The van der Waals surface area contributed by atoms with Crippen LogP contribution in [0.25, 0.3) is 0 Å². The molecule has 0 amide bonds. The van der Waals surface area contributed by atoms with Gasteiger partial charge >= 0.3 is 0 Å². The Morgan fingerprint density at radius 3 is 1.49 bits per heavy atom. The van der Waals surface area contributed by atoms with Gasteiger partial charge in [-0.2, -0.15) is 0 Å². The van der Waals surface area contributed by atoms with Crippen molar-refractivity contribution in [2.45, 2.75) is 19.9 Å². The third-order valence-electron chi connectivity index (χ3n) is 6.89. The van der Waals surface area contributed by atoms with Crippen molar-refractivity contribution in [3.8, 4) is 0 Å². The molecule has 1 aromatic heterocycles. The molecule has 0 saturated heterocycles. The first-order chi connectivity index (χ1) is 18.3. The van der Waals surface area contributed by atoms with Gasteiger partial charge < -0.3 is 4.57 Å². The van der Waals surface area contributed by atoms with Crippen molar-refractivity contribution in [2.75, 3.05) is 0 Å². The molecule has 2 nitrogen and oxygen atoms in total. The first-order valence-electron chi connectivity index (χ1n) is 12.9. The molecule has 0 spiro atoms. The lowest BCUT2D eigenvalue weighted by Gasteiger charge is -2.45. The Kier molecular flexibility index (Phi) is 17.2. The predicted octanol–water partition coefficient (Wildman–Crippen LogP) is -6.30. The van der Waals surface area contributed by atoms with Crippen LogP contribution in [0, 0.1) is 0 Å². The topological polar surface area (TPSA) is 22.0 Å². The zero-order chi connectivity index (χ0) is 29.9. The van der Waals surface area contributed by atoms with Gasteiger partial charge in [0.25, 0.3) is 5.56 Å². The van der Waals surface area contributed by atoms with Gasteiger partial charge in [-0.25, -0.2) is 0 Å². The molecular weight excluding hydrogens is 447 g/mol. The van der Waals surface area contributed by atoms with Crippen LogP contribution in [0.4, 0.5) is 0 Å². The van der Waals surface area contributed by atoms with E-state index < -0.39 is 63.9 Å². The van der Waals surface area contributed by atoms with E-state index in [1.165, 1.54) is 7.06 Å². The molecule has 1 heterocycles. The molecule has 2 rings (SSSR count). The lowest BCUT2D eigenvalue weighted by Crippen LogP contribution is -2.83. The maximum Gasteiger partial charge on any atom is 0.251 e. The van der Waals surface area contributed by atoms with E-state index in [1.54, 1.807) is 10.6 Å². The zero-order valence-corrected chi connectivity index (χ0v) is 22.7. The van der Waals surface area contributed by atoms with Crippen molar-refractivity contribution in [1.82, 2.24) is 4.57 Å². The predicted molar refractivity (Wildman–Crippen MR) is 198 cm³/mol. The van der Waals surface area contributed by atoms with Gasteiger partial charge in [-0.05, 0) is 23.6 Å². The maximum absolute atomic E-state index is 11.8. The maximum atomic E-state index is 11.8. The van der Waals surface area contributed by atoms with Crippen LogP contribution in [-0.4, -0.2) is 168 Å². The van der Waals surface area contributed by atoms with Gasteiger partial charge in [0.15, 0.2) is 0 Å². The van der Waals surface area contributed by atoms with Crippen LogP contribution in [0.2, 0.25) is 0 Å². The average Bonchev–Trinajstić information content (AvgIpc) is 2.85. The Morgan fingerprint density at radius 2 is 1.13 bits per heavy atom. The molecule has 151 valence electrons. The number of hydrogen-bond acceptors (Lipinski definition) is 1. The van der Waals surface area contributed by atoms with Crippen molar-refractivity contribution < 1.29 is 0 Å². The summed E-state index contributed by atoms with van der Waals surface area (Å²) in [6, 6.07) is 13.7. The molecule has 0 bridgehead atoms. The van der Waals surface area contributed by atoms with Crippen LogP contribution in [0.1, 0.15) is 18.1 Å². The third-order valence-corrected chi connectivity index (χ3v) is 6.89. The van der Waals surface area contributed by atoms with Gasteiger partial charge in [0.05, 0.1) is 6.54 Å². The summed E-state index contributed by atoms with van der Waals surface area (Å²) in [7, 11) is 71.4. The van der Waals surface area contributed by atoms with Crippen LogP contribution in [0.5, 0.6) is 0 Å². The molecule has 25 radical (unpaired) electrons. The van der Waals surface area contributed by atoms with Crippen LogP contribution in [-0.2, 0) is 13.0 Å². The van der Waals surface area contributed by atoms with E-state index >= 15 is 0 Å². The van der Waals surface area contributed by atoms with Gasteiger partial charge in [-0.1, -0.05) is 37.3 Å². The molecule has 0 aliphatic rings. The summed E-state index contributed by atoms with van der Waals surface area (Å²) >= 11 is 0. The van der Waals surface area contributed by atoms with Crippen molar-refractivity contribution in [2.24, 2.45) is 0 Å². The minimum atomic E-state index is -0.925. The molecule has 0 saturated carbocycles. The Bertz CT molecular complexity index is 968. The Hall–Kier alpha value is -0.336. The van der Waals surface area contributed by atoms with Crippen molar-refractivity contribution in [3.63, 3.8) is 0 Å². The Morgan fingerprint density at radius 1 is 0.667 bits per heavy atom. The lowest BCUT2D eigenvalue weighted by atomic mass is 8.36. The molecule has 0 fully saturated rings. The van der Waals surface area contributed by atoms with Crippen LogP contribution < -0.4 is 5.56 Å². The molecule has 0 atom stereocenters. The number of benzene rings is 1. The third kappa shape index (κ3) is 11.5. The second-order valence-corrected chi connectivity index (χ2v) is 9.81. The summed E-state index contributed by atoms with van der Waals surface area (Å²) < 4.78 is 1.73. The van der Waals surface area contributed by atoms with E-state index in [0.717, 1.165) is 17.5 Å². The fraction of sp³-hybridized carbons (Fsp3) is 0.214. The smallest absolute Gasteiger partial charge is 0.251 e. The Labute approximate surface area is 257 Å². The first kappa shape index (κ1) is 36.7. The molecular formula is C14H15B23NO. The van der Waals surface area contributed by atoms with E-state index in [1.807, 2.05) is 42.6 Å². The normalized spacial score (nSPS) is 9.67. The van der Waals surface area contributed by atoms with E-state index in [4.69, 9.17) is 92.8 Å². The highest BCUT2D eigenvalue weighted by atomic mass is 16.1. The van der Waals surface area contributed by atoms with E-state index in [-0.39, 0.29) is 5.56 Å². The lowest BCUT2D eigenvalue weighted by molar-refractivity contribution is 0.755. The molecule has 1 aromatic carbocycles. The molecule has 0 aliphatic carbocycles. The molecule has 0 aliphatic heterocycles. The highest BCUT2D eigenvalue weighted by Crippen LogP contribution is 2.09. The van der Waals surface area contributed by atoms with Crippen LogP contribution in [0.3, 0.4) is 0 Å². The number of pyridine rings is 1. The Balaban J connectivity index is 0.000000412. The van der Waals surface area contributed by atoms with Crippen molar-refractivity contribution in [1.29, 1.82) is 0 Å². The monoisotopic (exact) mass is 466 g/mol. The van der Waals surface area contributed by atoms with Crippen LogP contribution >= 0.6 is 0 Å². The number of hydrogen-bond donors (Lipinski definition) is 0. The highest BCUT2D eigenvalue weighted by Gasteiger charge is 2.47. The summed E-state index contributed by atoms with van der Waals surface area (Å²) in [5.41, 5.74) is 2.31. The fourth-order valence-corrected chi connectivity index (χ4v) is 4.89. The van der Waals surface area contributed by atoms with Gasteiger partial charge in [0.1, 0.15) is 0 Å². The second kappa shape index (κ2) is 18.3. The van der Waals surface area contributed by atoms with E-state index in [9.17, 15) is 4.79 Å². The van der Waals surface area contributed by atoms with Gasteiger partial charge in [0.2, 0.25) is 0 Å². The van der Waals surface area contributed by atoms with Crippen molar-refractivity contribution in [3.05, 3.63) is 70.1 Å².